The second kappa shape index (κ2) is 6.47. The monoisotopic (exact) mass is 390 g/mol. The van der Waals surface area contributed by atoms with Gasteiger partial charge in [-0.3, -0.25) is 0 Å². The summed E-state index contributed by atoms with van der Waals surface area (Å²) in [6, 6.07) is 2.10. The standard InChI is InChI=1S/C18H19F5N2O2/c1-8-7-24-16(25-8)15-12(9(2)17(3,27-15)18(21,22)23)10-5-6-11(19)13(20)14(10)26-4/h5-7,9,12,15H,1-4H3,(H,24,25)/t9-,12-,15+,17+/m0/s1. The third-order valence-electron chi connectivity index (χ3n) is 5.30. The zero-order valence-corrected chi connectivity index (χ0v) is 15.1. The fourth-order valence-electron chi connectivity index (χ4n) is 3.63. The Balaban J connectivity index is 2.19. The Kier molecular flexibility index (Phi) is 4.70. The zero-order chi connectivity index (χ0) is 20.1. The van der Waals surface area contributed by atoms with Crippen molar-refractivity contribution in [3.05, 3.63) is 47.0 Å². The lowest BCUT2D eigenvalue weighted by Crippen LogP contribution is -2.46. The highest BCUT2D eigenvalue weighted by Crippen LogP contribution is 2.59. The van der Waals surface area contributed by atoms with Crippen LogP contribution < -0.4 is 4.74 Å². The van der Waals surface area contributed by atoms with Crippen molar-refractivity contribution in [2.45, 2.75) is 44.6 Å². The number of hydrogen-bond donors (Lipinski definition) is 1. The Hall–Kier alpha value is -2.16. The van der Waals surface area contributed by atoms with Gasteiger partial charge in [0.15, 0.2) is 17.2 Å². The summed E-state index contributed by atoms with van der Waals surface area (Å²) < 4.78 is 79.6. The predicted octanol–water partition coefficient (Wildman–Crippen LogP) is 4.82. The largest absolute Gasteiger partial charge is 0.493 e. The molecule has 0 radical (unpaired) electrons. The highest BCUT2D eigenvalue weighted by atomic mass is 19.4. The topological polar surface area (TPSA) is 47.1 Å². The minimum atomic E-state index is -4.67. The molecule has 1 aromatic carbocycles. The molecule has 2 aromatic rings. The molecule has 3 rings (SSSR count). The van der Waals surface area contributed by atoms with E-state index in [0.717, 1.165) is 20.1 Å². The van der Waals surface area contributed by atoms with Crippen molar-refractivity contribution in [2.24, 2.45) is 5.92 Å². The molecule has 0 bridgehead atoms. The third kappa shape index (κ3) is 2.97. The average Bonchev–Trinajstić information content (AvgIpc) is 3.12. The lowest BCUT2D eigenvalue weighted by molar-refractivity contribution is -0.275. The van der Waals surface area contributed by atoms with E-state index >= 15 is 0 Å². The van der Waals surface area contributed by atoms with Crippen molar-refractivity contribution >= 4 is 0 Å². The molecule has 4 atom stereocenters. The Labute approximate surface area is 152 Å². The Morgan fingerprint density at radius 3 is 2.44 bits per heavy atom. The number of ether oxygens (including phenoxy) is 2. The molecule has 0 amide bonds. The van der Waals surface area contributed by atoms with E-state index in [1.54, 1.807) is 6.92 Å². The molecular weight excluding hydrogens is 371 g/mol. The molecule has 148 valence electrons. The van der Waals surface area contributed by atoms with Crippen LogP contribution >= 0.6 is 0 Å². The number of alkyl halides is 3. The highest BCUT2D eigenvalue weighted by molar-refractivity contribution is 5.41. The zero-order valence-electron chi connectivity index (χ0n) is 15.1. The van der Waals surface area contributed by atoms with E-state index in [1.807, 2.05) is 0 Å². The van der Waals surface area contributed by atoms with Crippen LogP contribution in [0.25, 0.3) is 0 Å². The smallest absolute Gasteiger partial charge is 0.417 e. The molecule has 1 saturated heterocycles. The molecule has 9 heteroatoms. The fraction of sp³-hybridized carbons (Fsp3) is 0.500. The van der Waals surface area contributed by atoms with Crippen LogP contribution in [0.15, 0.2) is 18.3 Å². The van der Waals surface area contributed by atoms with Gasteiger partial charge in [-0.2, -0.15) is 17.6 Å². The summed E-state index contributed by atoms with van der Waals surface area (Å²) in [7, 11) is 1.14. The van der Waals surface area contributed by atoms with Gasteiger partial charge in [0, 0.05) is 29.3 Å². The number of nitrogens with zero attached hydrogens (tertiary/aromatic N) is 1. The molecule has 1 aromatic heterocycles. The number of methoxy groups -OCH3 is 1. The third-order valence-corrected chi connectivity index (χ3v) is 5.30. The molecule has 4 nitrogen and oxygen atoms in total. The van der Waals surface area contributed by atoms with E-state index in [1.165, 1.54) is 19.2 Å². The molecular formula is C18H19F5N2O2. The van der Waals surface area contributed by atoms with Crippen LogP contribution in [-0.4, -0.2) is 28.9 Å². The number of hydrogen-bond acceptors (Lipinski definition) is 3. The molecule has 1 N–H and O–H groups in total. The van der Waals surface area contributed by atoms with Crippen molar-refractivity contribution in [3.63, 3.8) is 0 Å². The van der Waals surface area contributed by atoms with Crippen LogP contribution in [0.2, 0.25) is 0 Å². The average molecular weight is 390 g/mol. The summed E-state index contributed by atoms with van der Waals surface area (Å²) in [5.41, 5.74) is -1.77. The Bertz CT molecular complexity index is 851. The van der Waals surface area contributed by atoms with Crippen molar-refractivity contribution in [2.75, 3.05) is 7.11 Å². The summed E-state index contributed by atoms with van der Waals surface area (Å²) in [6.45, 7) is 4.02. The van der Waals surface area contributed by atoms with Crippen molar-refractivity contribution in [1.82, 2.24) is 9.97 Å². The molecule has 2 heterocycles. The van der Waals surface area contributed by atoms with Gasteiger partial charge in [-0.25, -0.2) is 9.37 Å². The summed E-state index contributed by atoms with van der Waals surface area (Å²) in [5.74, 6) is -4.73. The first-order valence-electron chi connectivity index (χ1n) is 8.29. The van der Waals surface area contributed by atoms with Crippen LogP contribution in [0, 0.1) is 24.5 Å². The number of rotatable bonds is 3. The normalized spacial score (nSPS) is 28.6. The molecule has 27 heavy (non-hydrogen) atoms. The summed E-state index contributed by atoms with van der Waals surface area (Å²) in [4.78, 5) is 6.97. The van der Waals surface area contributed by atoms with E-state index in [-0.39, 0.29) is 11.4 Å². The number of aromatic nitrogens is 2. The number of halogens is 5. The predicted molar refractivity (Wildman–Crippen MR) is 86.4 cm³/mol. The van der Waals surface area contributed by atoms with Crippen LogP contribution in [0.5, 0.6) is 5.75 Å². The number of nitrogens with one attached hydrogen (secondary N) is 1. The van der Waals surface area contributed by atoms with Crippen molar-refractivity contribution < 1.29 is 31.4 Å². The van der Waals surface area contributed by atoms with Gasteiger partial charge >= 0.3 is 6.18 Å². The van der Waals surface area contributed by atoms with Crippen LogP contribution in [0.1, 0.15) is 43.0 Å². The Morgan fingerprint density at radius 2 is 1.93 bits per heavy atom. The molecule has 1 fully saturated rings. The molecule has 1 aliphatic rings. The van der Waals surface area contributed by atoms with E-state index in [4.69, 9.17) is 9.47 Å². The molecule has 1 aliphatic heterocycles. The van der Waals surface area contributed by atoms with Gasteiger partial charge in [-0.05, 0) is 19.9 Å². The van der Waals surface area contributed by atoms with Crippen LogP contribution in [0.3, 0.4) is 0 Å². The second-order valence-corrected chi connectivity index (χ2v) is 6.89. The Morgan fingerprint density at radius 1 is 1.26 bits per heavy atom. The maximum absolute atomic E-state index is 14.2. The molecule has 0 aliphatic carbocycles. The minimum Gasteiger partial charge on any atom is -0.493 e. The number of benzene rings is 1. The number of imidazole rings is 1. The maximum Gasteiger partial charge on any atom is 0.417 e. The highest BCUT2D eigenvalue weighted by Gasteiger charge is 2.65. The number of H-pyrrole nitrogens is 1. The second-order valence-electron chi connectivity index (χ2n) is 6.89. The first-order chi connectivity index (χ1) is 12.5. The first-order valence-corrected chi connectivity index (χ1v) is 8.29. The van der Waals surface area contributed by atoms with Gasteiger partial charge in [-0.15, -0.1) is 0 Å². The summed E-state index contributed by atoms with van der Waals surface area (Å²) in [6.07, 6.45) is -4.35. The molecule has 0 spiro atoms. The van der Waals surface area contributed by atoms with Crippen molar-refractivity contribution in [3.8, 4) is 5.75 Å². The van der Waals surface area contributed by atoms with Gasteiger partial charge in [0.1, 0.15) is 11.9 Å². The summed E-state index contributed by atoms with van der Waals surface area (Å²) in [5, 5.41) is 0. The van der Waals surface area contributed by atoms with Gasteiger partial charge in [0.25, 0.3) is 0 Å². The van der Waals surface area contributed by atoms with E-state index in [2.05, 4.69) is 9.97 Å². The van der Waals surface area contributed by atoms with E-state index < -0.39 is 47.1 Å². The van der Waals surface area contributed by atoms with Gasteiger partial charge in [0.05, 0.1) is 7.11 Å². The first kappa shape index (κ1) is 19.6. The number of aryl methyl sites for hydroxylation is 1. The van der Waals surface area contributed by atoms with E-state index in [0.29, 0.717) is 5.69 Å². The SMILES string of the molecule is COc1c([C@H]2[C@H](c3ncc(C)[nH]3)O[C@@](C)(C(F)(F)F)[C@H]2C)ccc(F)c1F. The maximum atomic E-state index is 14.2. The minimum absolute atomic E-state index is 0.0935. The van der Waals surface area contributed by atoms with Gasteiger partial charge < -0.3 is 14.5 Å². The van der Waals surface area contributed by atoms with Gasteiger partial charge in [0.2, 0.25) is 5.82 Å². The van der Waals surface area contributed by atoms with Gasteiger partial charge in [-0.1, -0.05) is 13.0 Å². The van der Waals surface area contributed by atoms with Crippen LogP contribution in [0.4, 0.5) is 22.0 Å². The quantitative estimate of drug-likeness (QED) is 0.765. The molecule has 0 unspecified atom stereocenters. The summed E-state index contributed by atoms with van der Waals surface area (Å²) >= 11 is 0. The fourth-order valence-corrected chi connectivity index (χ4v) is 3.63. The lowest BCUT2D eigenvalue weighted by atomic mass is 9.77. The van der Waals surface area contributed by atoms with Crippen LogP contribution in [-0.2, 0) is 4.74 Å². The number of aromatic amines is 1. The van der Waals surface area contributed by atoms with E-state index in [9.17, 15) is 22.0 Å². The lowest BCUT2D eigenvalue weighted by Gasteiger charge is -2.32. The van der Waals surface area contributed by atoms with Crippen molar-refractivity contribution in [1.29, 1.82) is 0 Å². The molecule has 0 saturated carbocycles.